The SMILES string of the molecule is CCCCCCCC/C=C\CCCCCCCCCCCC(=O)OC(CO)COP(=O)(O)OCC(CO)OC(=O)CCCCCCCCCCCCCCCCCC. The highest BCUT2D eigenvalue weighted by atomic mass is 31.2. The standard InChI is InChI=1S/C47H91O10P/c1-3-5-7-9-11-13-15-17-19-21-22-23-25-27-29-31-33-35-37-39-47(51)57-45(41-49)43-55-58(52,53)54-42-44(40-48)56-46(50)38-36-34-32-30-28-26-24-20-18-16-14-12-10-8-6-4-2/h17,19,44-45,48-49H,3-16,18,20-43H2,1-2H3,(H,52,53)/b19-17-. The van der Waals surface area contributed by atoms with Gasteiger partial charge in [0.25, 0.3) is 0 Å². The average molecular weight is 847 g/mol. The van der Waals surface area contributed by atoms with Crippen LogP contribution >= 0.6 is 7.82 Å². The maximum absolute atomic E-state index is 12.4. The van der Waals surface area contributed by atoms with Crippen LogP contribution in [0.25, 0.3) is 0 Å². The van der Waals surface area contributed by atoms with Crippen LogP contribution in [0.1, 0.15) is 239 Å². The van der Waals surface area contributed by atoms with Crippen LogP contribution in [0.3, 0.4) is 0 Å². The minimum absolute atomic E-state index is 0.194. The summed E-state index contributed by atoms with van der Waals surface area (Å²) in [7, 11) is -4.63. The zero-order valence-electron chi connectivity index (χ0n) is 37.5. The molecule has 0 heterocycles. The van der Waals surface area contributed by atoms with E-state index in [0.29, 0.717) is 12.8 Å². The molecule has 0 bridgehead atoms. The summed E-state index contributed by atoms with van der Waals surface area (Å²) in [6.45, 7) is 2.25. The molecule has 0 radical (unpaired) electrons. The third kappa shape index (κ3) is 41.4. The van der Waals surface area contributed by atoms with Gasteiger partial charge in [0.15, 0.2) is 0 Å². The molecule has 0 saturated carbocycles. The Labute approximate surface area is 356 Å². The van der Waals surface area contributed by atoms with Crippen molar-refractivity contribution in [2.24, 2.45) is 0 Å². The molecule has 3 N–H and O–H groups in total. The van der Waals surface area contributed by atoms with Crippen molar-refractivity contribution in [2.75, 3.05) is 26.4 Å². The lowest BCUT2D eigenvalue weighted by atomic mass is 10.0. The highest BCUT2D eigenvalue weighted by molar-refractivity contribution is 7.47. The number of aliphatic hydroxyl groups is 2. The molecule has 10 nitrogen and oxygen atoms in total. The number of ether oxygens (including phenoxy) is 2. The van der Waals surface area contributed by atoms with E-state index < -0.39 is 58.4 Å². The van der Waals surface area contributed by atoms with Crippen molar-refractivity contribution in [3.63, 3.8) is 0 Å². The molecule has 0 amide bonds. The average Bonchev–Trinajstić information content (AvgIpc) is 3.21. The van der Waals surface area contributed by atoms with Gasteiger partial charge in [-0.25, -0.2) is 4.57 Å². The molecule has 0 rings (SSSR count). The zero-order chi connectivity index (χ0) is 42.6. The molecule has 0 aromatic carbocycles. The number of esters is 2. The molecule has 3 atom stereocenters. The first-order valence-electron chi connectivity index (χ1n) is 24.1. The summed E-state index contributed by atoms with van der Waals surface area (Å²) in [6.07, 6.45) is 43.2. The number of allylic oxidation sites excluding steroid dienone is 2. The lowest BCUT2D eigenvalue weighted by Crippen LogP contribution is -2.28. The van der Waals surface area contributed by atoms with Gasteiger partial charge in [-0.1, -0.05) is 199 Å². The smallest absolute Gasteiger partial charge is 0.457 e. The second-order valence-corrected chi connectivity index (χ2v) is 17.9. The first kappa shape index (κ1) is 56.7. The van der Waals surface area contributed by atoms with Crippen LogP contribution in [-0.2, 0) is 32.7 Å². The van der Waals surface area contributed by atoms with Crippen LogP contribution < -0.4 is 0 Å². The Hall–Kier alpha value is -1.29. The van der Waals surface area contributed by atoms with Gasteiger partial charge in [-0.15, -0.1) is 0 Å². The van der Waals surface area contributed by atoms with Gasteiger partial charge in [-0.05, 0) is 38.5 Å². The maximum atomic E-state index is 12.4. The third-order valence-corrected chi connectivity index (χ3v) is 11.7. The van der Waals surface area contributed by atoms with Gasteiger partial charge < -0.3 is 24.6 Å². The van der Waals surface area contributed by atoms with Gasteiger partial charge >= 0.3 is 19.8 Å². The molecule has 0 aromatic heterocycles. The molecule has 0 aromatic rings. The van der Waals surface area contributed by atoms with E-state index in [1.54, 1.807) is 0 Å². The van der Waals surface area contributed by atoms with E-state index in [9.17, 15) is 29.3 Å². The predicted molar refractivity (Wildman–Crippen MR) is 238 cm³/mol. The van der Waals surface area contributed by atoms with Gasteiger partial charge in [0.1, 0.15) is 12.2 Å². The number of aliphatic hydroxyl groups excluding tert-OH is 2. The van der Waals surface area contributed by atoms with Crippen LogP contribution in [0.5, 0.6) is 0 Å². The maximum Gasteiger partial charge on any atom is 0.472 e. The Bertz CT molecular complexity index is 977. The Morgan fingerprint density at radius 3 is 0.983 bits per heavy atom. The molecule has 0 aliphatic rings. The lowest BCUT2D eigenvalue weighted by molar-refractivity contribution is -0.153. The fourth-order valence-corrected chi connectivity index (χ4v) is 7.78. The van der Waals surface area contributed by atoms with Crippen molar-refractivity contribution in [3.8, 4) is 0 Å². The third-order valence-electron chi connectivity index (χ3n) is 10.7. The Morgan fingerprint density at radius 2 is 0.707 bits per heavy atom. The van der Waals surface area contributed by atoms with Crippen LogP contribution in [-0.4, -0.2) is 65.7 Å². The van der Waals surface area contributed by atoms with E-state index in [2.05, 4.69) is 26.0 Å². The number of rotatable bonds is 46. The van der Waals surface area contributed by atoms with Crippen molar-refractivity contribution in [1.29, 1.82) is 0 Å². The summed E-state index contributed by atoms with van der Waals surface area (Å²) in [6, 6.07) is 0. The summed E-state index contributed by atoms with van der Waals surface area (Å²) in [5.74, 6) is -1.01. The number of carbonyl (C=O) groups is 2. The minimum atomic E-state index is -4.63. The first-order valence-corrected chi connectivity index (χ1v) is 25.6. The Balaban J connectivity index is 3.84. The van der Waals surface area contributed by atoms with Crippen molar-refractivity contribution < 1.29 is 47.8 Å². The summed E-state index contributed by atoms with van der Waals surface area (Å²) in [5, 5.41) is 19.2. The Morgan fingerprint density at radius 1 is 0.448 bits per heavy atom. The van der Waals surface area contributed by atoms with Crippen LogP contribution in [0, 0.1) is 0 Å². The number of phosphoric acid groups is 1. The molecule has 0 aliphatic heterocycles. The molecule has 344 valence electrons. The molecule has 0 spiro atoms. The normalized spacial score (nSPS) is 13.8. The molecular weight excluding hydrogens is 755 g/mol. The largest absolute Gasteiger partial charge is 0.472 e. The summed E-state index contributed by atoms with van der Waals surface area (Å²) < 4.78 is 32.7. The number of hydrogen-bond donors (Lipinski definition) is 3. The molecule has 58 heavy (non-hydrogen) atoms. The summed E-state index contributed by atoms with van der Waals surface area (Å²) >= 11 is 0. The molecule has 0 saturated heterocycles. The summed E-state index contributed by atoms with van der Waals surface area (Å²) in [5.41, 5.74) is 0. The van der Waals surface area contributed by atoms with E-state index in [0.717, 1.165) is 38.5 Å². The van der Waals surface area contributed by atoms with Crippen LogP contribution in [0.4, 0.5) is 0 Å². The van der Waals surface area contributed by atoms with Gasteiger partial charge in [0, 0.05) is 12.8 Å². The van der Waals surface area contributed by atoms with Crippen LogP contribution in [0.15, 0.2) is 12.2 Å². The highest BCUT2D eigenvalue weighted by Crippen LogP contribution is 2.43. The van der Waals surface area contributed by atoms with Gasteiger partial charge in [0.05, 0.1) is 26.4 Å². The van der Waals surface area contributed by atoms with Gasteiger partial charge in [-0.2, -0.15) is 0 Å². The van der Waals surface area contributed by atoms with E-state index in [1.807, 2.05) is 0 Å². The zero-order valence-corrected chi connectivity index (χ0v) is 38.4. The molecular formula is C47H91O10P. The van der Waals surface area contributed by atoms with E-state index in [4.69, 9.17) is 18.5 Å². The first-order chi connectivity index (χ1) is 28.3. The monoisotopic (exact) mass is 847 g/mol. The second kappa shape index (κ2) is 43.8. The number of phosphoric ester groups is 1. The fraction of sp³-hybridized carbons (Fsp3) is 0.915. The van der Waals surface area contributed by atoms with Gasteiger partial charge in [0.2, 0.25) is 0 Å². The van der Waals surface area contributed by atoms with Crippen molar-refractivity contribution >= 4 is 19.8 Å². The topological polar surface area (TPSA) is 149 Å². The number of carbonyl (C=O) groups excluding carboxylic acids is 2. The van der Waals surface area contributed by atoms with Crippen molar-refractivity contribution in [3.05, 3.63) is 12.2 Å². The van der Waals surface area contributed by atoms with Crippen LogP contribution in [0.2, 0.25) is 0 Å². The summed E-state index contributed by atoms with van der Waals surface area (Å²) in [4.78, 5) is 34.6. The molecule has 0 fully saturated rings. The van der Waals surface area contributed by atoms with Gasteiger partial charge in [-0.3, -0.25) is 18.6 Å². The fourth-order valence-electron chi connectivity index (χ4n) is 6.99. The molecule has 0 aliphatic carbocycles. The number of hydrogen-bond acceptors (Lipinski definition) is 9. The minimum Gasteiger partial charge on any atom is -0.457 e. The molecule has 3 unspecified atom stereocenters. The quantitative estimate of drug-likeness (QED) is 0.0234. The van der Waals surface area contributed by atoms with Crippen molar-refractivity contribution in [2.45, 2.75) is 251 Å². The number of unbranched alkanes of at least 4 members (excludes halogenated alkanes) is 30. The lowest BCUT2D eigenvalue weighted by Gasteiger charge is -2.20. The van der Waals surface area contributed by atoms with E-state index >= 15 is 0 Å². The van der Waals surface area contributed by atoms with E-state index in [-0.39, 0.29) is 12.8 Å². The Kier molecular flexibility index (Phi) is 42.8. The molecule has 11 heteroatoms. The van der Waals surface area contributed by atoms with E-state index in [1.165, 1.54) is 161 Å². The van der Waals surface area contributed by atoms with Crippen molar-refractivity contribution in [1.82, 2.24) is 0 Å². The predicted octanol–water partition coefficient (Wildman–Crippen LogP) is 13.2. The highest BCUT2D eigenvalue weighted by Gasteiger charge is 2.27. The second-order valence-electron chi connectivity index (χ2n) is 16.5.